The molecule has 1 aromatic carbocycles. The fraction of sp³-hybridized carbons (Fsp3) is 0.500. The van der Waals surface area contributed by atoms with Crippen molar-refractivity contribution in [3.63, 3.8) is 0 Å². The number of carbonyl (C=O) groups excluding carboxylic acids is 2. The zero-order chi connectivity index (χ0) is 30.6. The number of amides is 2. The van der Waals surface area contributed by atoms with E-state index in [1.807, 2.05) is 17.8 Å². The van der Waals surface area contributed by atoms with Crippen LogP contribution in [-0.2, 0) is 27.4 Å². The van der Waals surface area contributed by atoms with Gasteiger partial charge in [0.05, 0.1) is 35.6 Å². The van der Waals surface area contributed by atoms with Gasteiger partial charge in [-0.15, -0.1) is 11.8 Å². The quantitative estimate of drug-likeness (QED) is 0.241. The first kappa shape index (κ1) is 29.0. The minimum absolute atomic E-state index is 0.0391. The highest BCUT2D eigenvalue weighted by atomic mass is 32.2. The molecule has 2 aromatic rings. The molecule has 0 aliphatic carbocycles. The van der Waals surface area contributed by atoms with Gasteiger partial charge in [0.2, 0.25) is 5.91 Å². The summed E-state index contributed by atoms with van der Waals surface area (Å²) in [5.74, 6) is -1.56. The lowest BCUT2D eigenvalue weighted by atomic mass is 9.79. The summed E-state index contributed by atoms with van der Waals surface area (Å²) in [4.78, 5) is 56.9. The van der Waals surface area contributed by atoms with Gasteiger partial charge in [-0.3, -0.25) is 14.9 Å². The zero-order valence-electron chi connectivity index (χ0n) is 23.6. The van der Waals surface area contributed by atoms with Crippen molar-refractivity contribution in [2.24, 2.45) is 11.8 Å². The summed E-state index contributed by atoms with van der Waals surface area (Å²) in [6.45, 7) is 4.94. The molecule has 2 N–H and O–H groups in total. The number of non-ortho nitro benzene ring substituents is 1. The third kappa shape index (κ3) is 5.09. The van der Waals surface area contributed by atoms with Crippen LogP contribution in [-0.4, -0.2) is 95.6 Å². The minimum Gasteiger partial charge on any atom is -0.477 e. The minimum atomic E-state index is -1.19. The van der Waals surface area contributed by atoms with Gasteiger partial charge in [-0.1, -0.05) is 6.92 Å². The largest absolute Gasteiger partial charge is 0.477 e. The number of nitro groups is 1. The topological polar surface area (TPSA) is 172 Å². The zero-order valence-corrected chi connectivity index (χ0v) is 24.4. The van der Waals surface area contributed by atoms with Crippen LogP contribution in [0.4, 0.5) is 10.5 Å². The second-order valence-electron chi connectivity index (χ2n) is 11.4. The number of nitro benzene ring substituents is 1. The predicted octanol–water partition coefficient (Wildman–Crippen LogP) is 1.95. The lowest BCUT2D eigenvalue weighted by Gasteiger charge is -2.46. The van der Waals surface area contributed by atoms with Crippen LogP contribution in [0.25, 0.3) is 0 Å². The van der Waals surface area contributed by atoms with Crippen LogP contribution in [0.3, 0.4) is 0 Å². The van der Waals surface area contributed by atoms with Gasteiger partial charge < -0.3 is 29.8 Å². The molecule has 43 heavy (non-hydrogen) atoms. The number of likely N-dealkylation sites (tertiary alicyclic amines) is 1. The molecule has 0 radical (unpaired) electrons. The number of thioether (sulfide) groups is 1. The third-order valence-corrected chi connectivity index (χ3v) is 10.2. The summed E-state index contributed by atoms with van der Waals surface area (Å²) in [7, 11) is 0. The molecule has 2 amide bonds. The number of hydrogen-bond acceptors (Lipinski definition) is 10. The summed E-state index contributed by atoms with van der Waals surface area (Å²) < 4.78 is 7.63. The standard InChI is InChI=1S/C28H32N6O8S/c1-15-23-22(16(2)35)26(36)33(23)24(27(37)38)25(15)43-20-11-19(12-30-9-7-21-29-8-10-32(21)30)31(13-20)28(39)42-14-17-3-5-18(6-4-17)34(40)41/h3-6,8,10,15-16,19-20,22-23,35H,7,9,11-14H2,1-2H3,(H,37,38)/t15-,16-,19+,20+,22-,23-/m1/s1. The van der Waals surface area contributed by atoms with Crippen molar-refractivity contribution in [2.45, 2.75) is 56.7 Å². The average Bonchev–Trinajstić information content (AvgIpc) is 3.72. The van der Waals surface area contributed by atoms with E-state index in [0.29, 0.717) is 30.0 Å². The van der Waals surface area contributed by atoms with Crippen molar-refractivity contribution >= 4 is 35.4 Å². The molecular formula is C28H32N6O8S. The van der Waals surface area contributed by atoms with E-state index in [4.69, 9.17) is 4.74 Å². The molecule has 0 spiro atoms. The van der Waals surface area contributed by atoms with Gasteiger partial charge in [0.1, 0.15) is 18.1 Å². The third-order valence-electron chi connectivity index (χ3n) is 8.74. The number of aliphatic carboxylic acids is 1. The number of nitrogens with zero attached hydrogens (tertiary/aromatic N) is 6. The molecule has 228 valence electrons. The Balaban J connectivity index is 1.20. The lowest BCUT2D eigenvalue weighted by Crippen LogP contribution is -2.63. The lowest BCUT2D eigenvalue weighted by molar-refractivity contribution is -0.384. The number of aromatic nitrogens is 2. The summed E-state index contributed by atoms with van der Waals surface area (Å²) in [6.07, 6.45) is 3.55. The maximum atomic E-state index is 13.4. The molecular weight excluding hydrogens is 580 g/mol. The fourth-order valence-electron chi connectivity index (χ4n) is 6.68. The first-order valence-corrected chi connectivity index (χ1v) is 15.0. The molecule has 4 aliphatic heterocycles. The van der Waals surface area contributed by atoms with Gasteiger partial charge >= 0.3 is 12.1 Å². The van der Waals surface area contributed by atoms with Crippen molar-refractivity contribution in [3.05, 3.63) is 68.8 Å². The highest BCUT2D eigenvalue weighted by Crippen LogP contribution is 2.52. The first-order valence-electron chi connectivity index (χ1n) is 14.1. The number of carboxylic acids is 1. The molecule has 15 heteroatoms. The monoisotopic (exact) mass is 612 g/mol. The number of imidazole rings is 1. The molecule has 0 bridgehead atoms. The number of benzene rings is 1. The fourth-order valence-corrected chi connectivity index (χ4v) is 8.24. The number of aliphatic hydroxyl groups excluding tert-OH is 1. The van der Waals surface area contributed by atoms with Crippen LogP contribution in [0.1, 0.15) is 31.7 Å². The van der Waals surface area contributed by atoms with Gasteiger partial charge in [0.15, 0.2) is 0 Å². The molecule has 1 aromatic heterocycles. The Kier molecular flexibility index (Phi) is 7.54. The summed E-state index contributed by atoms with van der Waals surface area (Å²) in [6, 6.07) is 5.15. The van der Waals surface area contributed by atoms with Crippen molar-refractivity contribution < 1.29 is 34.3 Å². The van der Waals surface area contributed by atoms with Crippen LogP contribution in [0.15, 0.2) is 47.3 Å². The molecule has 6 atom stereocenters. The van der Waals surface area contributed by atoms with E-state index >= 15 is 0 Å². The maximum Gasteiger partial charge on any atom is 0.410 e. The number of carbonyl (C=O) groups is 3. The Hall–Kier alpha value is -4.11. The van der Waals surface area contributed by atoms with Crippen molar-refractivity contribution in [3.8, 4) is 0 Å². The number of rotatable bonds is 9. The molecule has 4 aliphatic rings. The Morgan fingerprint density at radius 1 is 1.28 bits per heavy atom. The first-order chi connectivity index (χ1) is 20.5. The van der Waals surface area contributed by atoms with E-state index in [1.165, 1.54) is 28.8 Å². The number of ether oxygens (including phenoxy) is 1. The van der Waals surface area contributed by atoms with E-state index < -0.39 is 35.0 Å². The van der Waals surface area contributed by atoms with Crippen LogP contribution < -0.4 is 5.01 Å². The Labute approximate surface area is 251 Å². The Bertz CT molecular complexity index is 1490. The predicted molar refractivity (Wildman–Crippen MR) is 153 cm³/mol. The second kappa shape index (κ2) is 11.2. The van der Waals surface area contributed by atoms with Gasteiger partial charge in [0, 0.05) is 60.1 Å². The Morgan fingerprint density at radius 2 is 2.02 bits per heavy atom. The Morgan fingerprint density at radius 3 is 2.70 bits per heavy atom. The SMILES string of the molecule is C[C@@H](O)[C@H]1C(=O)N2C(C(=O)O)=C(S[C@H]3C[C@@H](CN4CCc5nccn54)N(C(=O)OCc4ccc([N+](=O)[O-])cc4)C3)[C@H](C)[C@H]12. The van der Waals surface area contributed by atoms with E-state index in [9.17, 15) is 34.7 Å². The van der Waals surface area contributed by atoms with Gasteiger partial charge in [0.25, 0.3) is 5.69 Å². The highest BCUT2D eigenvalue weighted by molar-refractivity contribution is 8.03. The van der Waals surface area contributed by atoms with Gasteiger partial charge in [-0.2, -0.15) is 0 Å². The highest BCUT2D eigenvalue weighted by Gasteiger charge is 2.60. The molecule has 6 rings (SSSR count). The molecule has 0 unspecified atom stereocenters. The summed E-state index contributed by atoms with van der Waals surface area (Å²) >= 11 is 1.38. The number of fused-ring (bicyclic) bond motifs is 2. The maximum absolute atomic E-state index is 13.4. The number of carboxylic acid groups (broad SMARTS) is 1. The average molecular weight is 613 g/mol. The van der Waals surface area contributed by atoms with Crippen molar-refractivity contribution in [2.75, 3.05) is 24.6 Å². The summed E-state index contributed by atoms with van der Waals surface area (Å²) in [5, 5.41) is 33.1. The molecule has 2 fully saturated rings. The molecule has 5 heterocycles. The molecule has 0 saturated carbocycles. The smallest absolute Gasteiger partial charge is 0.410 e. The molecule has 14 nitrogen and oxygen atoms in total. The van der Waals surface area contributed by atoms with Crippen LogP contribution in [0, 0.1) is 22.0 Å². The van der Waals surface area contributed by atoms with Crippen LogP contribution >= 0.6 is 11.8 Å². The molecule has 2 saturated heterocycles. The van der Waals surface area contributed by atoms with Crippen LogP contribution in [0.5, 0.6) is 0 Å². The number of β-lactam (4-membered cyclic amide) rings is 1. The van der Waals surface area contributed by atoms with E-state index in [1.54, 1.807) is 30.2 Å². The van der Waals surface area contributed by atoms with Crippen molar-refractivity contribution in [1.29, 1.82) is 0 Å². The number of aliphatic hydroxyl groups is 1. The van der Waals surface area contributed by atoms with Gasteiger partial charge in [-0.25, -0.2) is 19.2 Å². The van der Waals surface area contributed by atoms with E-state index in [2.05, 4.69) is 9.99 Å². The van der Waals surface area contributed by atoms with E-state index in [0.717, 1.165) is 18.8 Å². The van der Waals surface area contributed by atoms with Crippen molar-refractivity contribution in [1.82, 2.24) is 19.5 Å². The van der Waals surface area contributed by atoms with Gasteiger partial charge in [-0.05, 0) is 31.0 Å². The normalized spacial score (nSPS) is 26.8. The van der Waals surface area contributed by atoms with E-state index in [-0.39, 0.29) is 41.1 Å². The summed E-state index contributed by atoms with van der Waals surface area (Å²) in [5.41, 5.74) is 0.519. The second-order valence-corrected chi connectivity index (χ2v) is 12.7. The van der Waals surface area contributed by atoms with Crippen LogP contribution in [0.2, 0.25) is 0 Å². The number of hydrogen-bond donors (Lipinski definition) is 2.